The SMILES string of the molecule is CN(Cc1cccc(C(=N)N)c1)Cc1cccc(Cl)c1Cl. The van der Waals surface area contributed by atoms with Crippen LogP contribution in [0.25, 0.3) is 0 Å². The fraction of sp³-hybridized carbons (Fsp3) is 0.188. The summed E-state index contributed by atoms with van der Waals surface area (Å²) >= 11 is 12.2. The zero-order chi connectivity index (χ0) is 15.4. The lowest BCUT2D eigenvalue weighted by atomic mass is 10.1. The predicted molar refractivity (Wildman–Crippen MR) is 89.1 cm³/mol. The molecule has 2 aromatic carbocycles. The minimum Gasteiger partial charge on any atom is -0.384 e. The van der Waals surface area contributed by atoms with Gasteiger partial charge in [0.2, 0.25) is 0 Å². The average molecular weight is 322 g/mol. The van der Waals surface area contributed by atoms with Crippen molar-refractivity contribution < 1.29 is 0 Å². The molecule has 0 unspecified atom stereocenters. The molecule has 3 N–H and O–H groups in total. The predicted octanol–water partition coefficient (Wildman–Crippen LogP) is 3.91. The van der Waals surface area contributed by atoms with Crippen molar-refractivity contribution in [2.75, 3.05) is 7.05 Å². The van der Waals surface area contributed by atoms with Gasteiger partial charge < -0.3 is 5.73 Å². The molecule has 0 amide bonds. The third-order valence-corrected chi connectivity index (χ3v) is 4.02. The van der Waals surface area contributed by atoms with Gasteiger partial charge in [-0.25, -0.2) is 0 Å². The van der Waals surface area contributed by atoms with Gasteiger partial charge in [0.25, 0.3) is 0 Å². The molecule has 3 nitrogen and oxygen atoms in total. The van der Waals surface area contributed by atoms with E-state index >= 15 is 0 Å². The van der Waals surface area contributed by atoms with Gasteiger partial charge in [0.05, 0.1) is 10.0 Å². The number of nitrogens with zero attached hydrogens (tertiary/aromatic N) is 1. The summed E-state index contributed by atoms with van der Waals surface area (Å²) in [4.78, 5) is 2.14. The molecule has 110 valence electrons. The van der Waals surface area contributed by atoms with Gasteiger partial charge >= 0.3 is 0 Å². The van der Waals surface area contributed by atoms with E-state index < -0.39 is 0 Å². The van der Waals surface area contributed by atoms with E-state index in [0.29, 0.717) is 16.6 Å². The van der Waals surface area contributed by atoms with Gasteiger partial charge in [-0.05, 0) is 30.3 Å². The van der Waals surface area contributed by atoms with Gasteiger partial charge in [0.1, 0.15) is 5.84 Å². The second-order valence-electron chi connectivity index (χ2n) is 5.00. The van der Waals surface area contributed by atoms with E-state index in [2.05, 4.69) is 4.90 Å². The summed E-state index contributed by atoms with van der Waals surface area (Å²) in [5.41, 5.74) is 8.34. The molecular formula is C16H17Cl2N3. The Bertz CT molecular complexity index is 656. The van der Waals surface area contributed by atoms with Crippen LogP contribution in [0, 0.1) is 5.41 Å². The highest BCUT2D eigenvalue weighted by Crippen LogP contribution is 2.26. The molecule has 2 aromatic rings. The minimum absolute atomic E-state index is 0.0809. The third-order valence-electron chi connectivity index (χ3n) is 3.16. The first kappa shape index (κ1) is 15.8. The Morgan fingerprint density at radius 3 is 2.57 bits per heavy atom. The lowest BCUT2D eigenvalue weighted by molar-refractivity contribution is 0.319. The zero-order valence-electron chi connectivity index (χ0n) is 11.7. The van der Waals surface area contributed by atoms with E-state index in [1.54, 1.807) is 6.07 Å². The van der Waals surface area contributed by atoms with Gasteiger partial charge in [-0.15, -0.1) is 0 Å². The summed E-state index contributed by atoms with van der Waals surface area (Å²) in [6.45, 7) is 1.44. The van der Waals surface area contributed by atoms with E-state index in [9.17, 15) is 0 Å². The van der Waals surface area contributed by atoms with Gasteiger partial charge in [0.15, 0.2) is 0 Å². The number of halogens is 2. The maximum atomic E-state index is 7.48. The molecule has 0 heterocycles. The van der Waals surface area contributed by atoms with Crippen molar-refractivity contribution in [1.29, 1.82) is 5.41 Å². The van der Waals surface area contributed by atoms with Crippen molar-refractivity contribution in [2.24, 2.45) is 5.73 Å². The van der Waals surface area contributed by atoms with Crippen LogP contribution in [-0.2, 0) is 13.1 Å². The molecule has 0 aromatic heterocycles. The Morgan fingerprint density at radius 1 is 1.14 bits per heavy atom. The molecule has 0 saturated heterocycles. The Balaban J connectivity index is 2.08. The molecule has 0 spiro atoms. The number of amidine groups is 1. The first-order chi connectivity index (χ1) is 9.97. The Labute approximate surface area is 134 Å². The summed E-state index contributed by atoms with van der Waals surface area (Å²) in [6.07, 6.45) is 0. The fourth-order valence-electron chi connectivity index (χ4n) is 2.17. The standard InChI is InChI=1S/C16H17Cl2N3/c1-21(10-13-6-3-7-14(17)15(13)18)9-11-4-2-5-12(8-11)16(19)20/h2-8H,9-10H2,1H3,(H3,19,20). The van der Waals surface area contributed by atoms with E-state index in [1.807, 2.05) is 43.4 Å². The normalized spacial score (nSPS) is 10.9. The van der Waals surface area contributed by atoms with Crippen molar-refractivity contribution in [1.82, 2.24) is 4.90 Å². The van der Waals surface area contributed by atoms with Crippen molar-refractivity contribution in [3.8, 4) is 0 Å². The number of nitrogen functional groups attached to an aromatic ring is 1. The monoisotopic (exact) mass is 321 g/mol. The highest BCUT2D eigenvalue weighted by atomic mass is 35.5. The van der Waals surface area contributed by atoms with Gasteiger partial charge in [-0.3, -0.25) is 10.3 Å². The number of rotatable bonds is 5. The van der Waals surface area contributed by atoms with Gasteiger partial charge in [-0.1, -0.05) is 53.5 Å². The van der Waals surface area contributed by atoms with Crippen LogP contribution in [0.2, 0.25) is 10.0 Å². The zero-order valence-corrected chi connectivity index (χ0v) is 13.2. The number of hydrogen-bond donors (Lipinski definition) is 2. The number of nitrogens with two attached hydrogens (primary N) is 1. The lowest BCUT2D eigenvalue weighted by Gasteiger charge is -2.18. The highest BCUT2D eigenvalue weighted by molar-refractivity contribution is 6.42. The molecule has 21 heavy (non-hydrogen) atoms. The van der Waals surface area contributed by atoms with Crippen molar-refractivity contribution in [3.05, 3.63) is 69.2 Å². The third kappa shape index (κ3) is 4.21. The molecule has 0 aliphatic rings. The molecule has 0 fully saturated rings. The first-order valence-corrected chi connectivity index (χ1v) is 7.27. The summed E-state index contributed by atoms with van der Waals surface area (Å²) < 4.78 is 0. The van der Waals surface area contributed by atoms with Crippen LogP contribution in [0.4, 0.5) is 0 Å². The maximum absolute atomic E-state index is 7.48. The smallest absolute Gasteiger partial charge is 0.122 e. The van der Waals surface area contributed by atoms with Crippen molar-refractivity contribution >= 4 is 29.0 Å². The van der Waals surface area contributed by atoms with Gasteiger partial charge in [0, 0.05) is 18.7 Å². The van der Waals surface area contributed by atoms with Crippen LogP contribution in [-0.4, -0.2) is 17.8 Å². The second-order valence-corrected chi connectivity index (χ2v) is 5.78. The molecular weight excluding hydrogens is 305 g/mol. The van der Waals surface area contributed by atoms with Crippen molar-refractivity contribution in [2.45, 2.75) is 13.1 Å². The topological polar surface area (TPSA) is 53.1 Å². The van der Waals surface area contributed by atoms with E-state index in [-0.39, 0.29) is 5.84 Å². The van der Waals surface area contributed by atoms with Crippen LogP contribution in [0.3, 0.4) is 0 Å². The van der Waals surface area contributed by atoms with E-state index in [1.165, 1.54) is 0 Å². The minimum atomic E-state index is 0.0809. The van der Waals surface area contributed by atoms with Gasteiger partial charge in [-0.2, -0.15) is 0 Å². The van der Waals surface area contributed by atoms with Crippen LogP contribution in [0.1, 0.15) is 16.7 Å². The Morgan fingerprint density at radius 2 is 1.86 bits per heavy atom. The highest BCUT2D eigenvalue weighted by Gasteiger charge is 2.08. The summed E-state index contributed by atoms with van der Waals surface area (Å²) in [7, 11) is 2.01. The quantitative estimate of drug-likeness (QED) is 0.648. The molecule has 0 atom stereocenters. The van der Waals surface area contributed by atoms with Crippen molar-refractivity contribution in [3.63, 3.8) is 0 Å². The fourth-order valence-corrected chi connectivity index (χ4v) is 2.55. The lowest BCUT2D eigenvalue weighted by Crippen LogP contribution is -2.18. The van der Waals surface area contributed by atoms with E-state index in [4.69, 9.17) is 34.3 Å². The molecule has 0 bridgehead atoms. The van der Waals surface area contributed by atoms with Crippen LogP contribution >= 0.6 is 23.2 Å². The second kappa shape index (κ2) is 6.94. The molecule has 2 rings (SSSR count). The summed E-state index contributed by atoms with van der Waals surface area (Å²) in [6, 6.07) is 13.3. The molecule has 0 radical (unpaired) electrons. The number of nitrogens with one attached hydrogen (secondary N) is 1. The average Bonchev–Trinajstić information content (AvgIpc) is 2.44. The summed E-state index contributed by atoms with van der Waals surface area (Å²) in [5, 5.41) is 8.65. The van der Waals surface area contributed by atoms with Crippen LogP contribution < -0.4 is 5.73 Å². The Hall–Kier alpha value is -1.55. The van der Waals surface area contributed by atoms with E-state index in [0.717, 1.165) is 23.2 Å². The number of benzene rings is 2. The molecule has 0 saturated carbocycles. The van der Waals surface area contributed by atoms with Crippen LogP contribution in [0.5, 0.6) is 0 Å². The molecule has 0 aliphatic carbocycles. The first-order valence-electron chi connectivity index (χ1n) is 6.52. The maximum Gasteiger partial charge on any atom is 0.122 e. The Kier molecular flexibility index (Phi) is 5.23. The molecule has 0 aliphatic heterocycles. The number of hydrogen-bond acceptors (Lipinski definition) is 2. The summed E-state index contributed by atoms with van der Waals surface area (Å²) in [5.74, 6) is 0.0809. The van der Waals surface area contributed by atoms with Crippen LogP contribution in [0.15, 0.2) is 42.5 Å². The largest absolute Gasteiger partial charge is 0.384 e. The molecule has 5 heteroatoms.